The highest BCUT2D eigenvalue weighted by Gasteiger charge is 2.32. The van der Waals surface area contributed by atoms with Gasteiger partial charge in [-0.05, 0) is 44.7 Å². The Balaban J connectivity index is 1.32. The minimum Gasteiger partial charge on any atom is -0.341 e. The highest BCUT2D eigenvalue weighted by Crippen LogP contribution is 2.41. The Morgan fingerprint density at radius 3 is 2.76 bits per heavy atom. The number of hydrogen-bond acceptors (Lipinski definition) is 7. The van der Waals surface area contributed by atoms with Crippen LogP contribution in [0.25, 0.3) is 10.2 Å². The van der Waals surface area contributed by atoms with Crippen LogP contribution in [0, 0.1) is 0 Å². The summed E-state index contributed by atoms with van der Waals surface area (Å²) in [7, 11) is 0. The normalized spacial score (nSPS) is 16.7. The lowest BCUT2D eigenvalue weighted by Crippen LogP contribution is -2.32. The molecule has 0 N–H and O–H groups in total. The molecule has 1 aliphatic heterocycles. The average molecular weight is 429 g/mol. The molecular weight excluding hydrogens is 404 g/mol. The SMILES string of the molecule is CCN(C(=O)CSc1nnc(N2CCCC2)n1C1CC1)c1nc2ccccc2s1. The number of thiazole rings is 1. The molecule has 1 aromatic carbocycles. The third-order valence-corrected chi connectivity index (χ3v) is 7.39. The van der Waals surface area contributed by atoms with Gasteiger partial charge in [-0.2, -0.15) is 0 Å². The third-order valence-electron chi connectivity index (χ3n) is 5.40. The zero-order chi connectivity index (χ0) is 19.8. The van der Waals surface area contributed by atoms with Crippen LogP contribution in [0.5, 0.6) is 0 Å². The molecule has 3 heterocycles. The Morgan fingerprint density at radius 1 is 1.24 bits per heavy atom. The standard InChI is InChI=1S/C20H24N6OS2/c1-2-25(19-21-15-7-3-4-8-16(15)29-19)17(27)13-28-20-23-22-18(24-11-5-6-12-24)26(20)14-9-10-14/h3-4,7-8,14H,2,5-6,9-13H2,1H3. The molecule has 152 valence electrons. The number of benzene rings is 1. The molecule has 2 fully saturated rings. The Kier molecular flexibility index (Phi) is 5.17. The molecule has 0 radical (unpaired) electrons. The molecule has 1 saturated carbocycles. The quantitative estimate of drug-likeness (QED) is 0.531. The lowest BCUT2D eigenvalue weighted by molar-refractivity contribution is -0.116. The van der Waals surface area contributed by atoms with E-state index < -0.39 is 0 Å². The molecular formula is C20H24N6OS2. The van der Waals surface area contributed by atoms with E-state index in [1.165, 1.54) is 37.4 Å². The first-order chi connectivity index (χ1) is 14.2. The number of nitrogens with zero attached hydrogens (tertiary/aromatic N) is 6. The van der Waals surface area contributed by atoms with Gasteiger partial charge in [-0.15, -0.1) is 10.2 Å². The van der Waals surface area contributed by atoms with Gasteiger partial charge >= 0.3 is 0 Å². The molecule has 9 heteroatoms. The summed E-state index contributed by atoms with van der Waals surface area (Å²) in [5, 5.41) is 10.5. The van der Waals surface area contributed by atoms with Crippen molar-refractivity contribution in [1.82, 2.24) is 19.7 Å². The number of aromatic nitrogens is 4. The first kappa shape index (κ1) is 18.9. The van der Waals surface area contributed by atoms with Crippen molar-refractivity contribution in [2.45, 2.75) is 43.8 Å². The van der Waals surface area contributed by atoms with Gasteiger partial charge in [0.2, 0.25) is 11.9 Å². The van der Waals surface area contributed by atoms with E-state index in [1.807, 2.05) is 31.2 Å². The molecule has 3 aromatic rings. The number of fused-ring (bicyclic) bond motifs is 1. The van der Waals surface area contributed by atoms with Crippen molar-refractivity contribution in [3.63, 3.8) is 0 Å². The van der Waals surface area contributed by atoms with E-state index in [0.717, 1.165) is 39.5 Å². The van der Waals surface area contributed by atoms with Crippen LogP contribution in [0.4, 0.5) is 11.1 Å². The number of thioether (sulfide) groups is 1. The van der Waals surface area contributed by atoms with Gasteiger partial charge in [-0.3, -0.25) is 14.3 Å². The van der Waals surface area contributed by atoms with Crippen LogP contribution >= 0.6 is 23.1 Å². The monoisotopic (exact) mass is 428 g/mol. The van der Waals surface area contributed by atoms with Crippen LogP contribution < -0.4 is 9.80 Å². The molecule has 1 amide bonds. The Bertz CT molecular complexity index is 988. The van der Waals surface area contributed by atoms with Gasteiger partial charge < -0.3 is 4.90 Å². The number of carbonyl (C=O) groups excluding carboxylic acids is 1. The minimum atomic E-state index is 0.0598. The predicted octanol–water partition coefficient (Wildman–Crippen LogP) is 3.97. The summed E-state index contributed by atoms with van der Waals surface area (Å²) in [6.07, 6.45) is 4.78. The van der Waals surface area contributed by atoms with Gasteiger partial charge in [0.05, 0.1) is 16.0 Å². The fourth-order valence-corrected chi connectivity index (χ4v) is 5.67. The van der Waals surface area contributed by atoms with Crippen LogP contribution in [0.15, 0.2) is 29.4 Å². The number of rotatable bonds is 7. The maximum absolute atomic E-state index is 13.0. The van der Waals surface area contributed by atoms with E-state index in [9.17, 15) is 4.79 Å². The van der Waals surface area contributed by atoms with Gasteiger partial charge in [0.1, 0.15) is 0 Å². The highest BCUT2D eigenvalue weighted by molar-refractivity contribution is 7.99. The summed E-state index contributed by atoms with van der Waals surface area (Å²) in [5.41, 5.74) is 0.940. The van der Waals surface area contributed by atoms with Crippen molar-refractivity contribution in [2.75, 3.05) is 35.2 Å². The molecule has 0 unspecified atom stereocenters. The van der Waals surface area contributed by atoms with Crippen molar-refractivity contribution >= 4 is 50.3 Å². The van der Waals surface area contributed by atoms with Gasteiger partial charge in [0.25, 0.3) is 0 Å². The summed E-state index contributed by atoms with van der Waals surface area (Å²) in [5.74, 6) is 1.39. The van der Waals surface area contributed by atoms with Crippen molar-refractivity contribution in [2.24, 2.45) is 0 Å². The summed E-state index contributed by atoms with van der Waals surface area (Å²) >= 11 is 3.06. The van der Waals surface area contributed by atoms with Gasteiger partial charge in [-0.25, -0.2) is 4.98 Å². The summed E-state index contributed by atoms with van der Waals surface area (Å²) in [6.45, 7) is 4.70. The molecule has 7 nitrogen and oxygen atoms in total. The minimum absolute atomic E-state index is 0.0598. The number of anilines is 2. The fourth-order valence-electron chi connectivity index (χ4n) is 3.75. The summed E-state index contributed by atoms with van der Waals surface area (Å²) in [4.78, 5) is 21.7. The maximum atomic E-state index is 13.0. The average Bonchev–Trinajstić information content (AvgIpc) is 3.13. The molecule has 0 bridgehead atoms. The largest absolute Gasteiger partial charge is 0.341 e. The zero-order valence-corrected chi connectivity index (χ0v) is 18.1. The fraction of sp³-hybridized carbons (Fsp3) is 0.500. The van der Waals surface area contributed by atoms with Gasteiger partial charge in [-0.1, -0.05) is 35.2 Å². The lowest BCUT2D eigenvalue weighted by Gasteiger charge is -2.19. The smallest absolute Gasteiger partial charge is 0.239 e. The molecule has 0 spiro atoms. The first-order valence-electron chi connectivity index (χ1n) is 10.2. The van der Waals surface area contributed by atoms with Gasteiger partial charge in [0.15, 0.2) is 10.3 Å². The maximum Gasteiger partial charge on any atom is 0.239 e. The van der Waals surface area contributed by atoms with E-state index in [0.29, 0.717) is 18.3 Å². The van der Waals surface area contributed by atoms with E-state index in [4.69, 9.17) is 0 Å². The first-order valence-corrected chi connectivity index (χ1v) is 12.0. The lowest BCUT2D eigenvalue weighted by atomic mass is 10.3. The van der Waals surface area contributed by atoms with E-state index in [-0.39, 0.29) is 5.91 Å². The van der Waals surface area contributed by atoms with Crippen LogP contribution in [0.3, 0.4) is 0 Å². The molecule has 0 atom stereocenters. The number of para-hydroxylation sites is 1. The van der Waals surface area contributed by atoms with Crippen molar-refractivity contribution in [3.8, 4) is 0 Å². The van der Waals surface area contributed by atoms with Crippen molar-refractivity contribution in [3.05, 3.63) is 24.3 Å². The summed E-state index contributed by atoms with van der Waals surface area (Å²) < 4.78 is 3.36. The molecule has 2 aromatic heterocycles. The molecule has 2 aliphatic rings. The second-order valence-corrected chi connectivity index (χ2v) is 9.42. The van der Waals surface area contributed by atoms with E-state index in [1.54, 1.807) is 16.2 Å². The molecule has 29 heavy (non-hydrogen) atoms. The second kappa shape index (κ2) is 7.95. The third kappa shape index (κ3) is 3.73. The Labute approximate surface area is 178 Å². The highest BCUT2D eigenvalue weighted by atomic mass is 32.2. The van der Waals surface area contributed by atoms with Crippen molar-refractivity contribution in [1.29, 1.82) is 0 Å². The predicted molar refractivity (Wildman–Crippen MR) is 118 cm³/mol. The summed E-state index contributed by atoms with van der Waals surface area (Å²) in [6, 6.07) is 8.50. The van der Waals surface area contributed by atoms with Crippen LogP contribution in [0.2, 0.25) is 0 Å². The van der Waals surface area contributed by atoms with Gasteiger partial charge in [0, 0.05) is 25.7 Å². The Hall–Kier alpha value is -2.13. The molecule has 5 rings (SSSR count). The second-order valence-electron chi connectivity index (χ2n) is 7.47. The van der Waals surface area contributed by atoms with Crippen LogP contribution in [-0.4, -0.2) is 51.0 Å². The number of hydrogen-bond donors (Lipinski definition) is 0. The number of amides is 1. The number of carbonyl (C=O) groups is 1. The van der Waals surface area contributed by atoms with Crippen LogP contribution in [-0.2, 0) is 4.79 Å². The molecule has 1 saturated heterocycles. The van der Waals surface area contributed by atoms with Crippen molar-refractivity contribution < 1.29 is 4.79 Å². The topological polar surface area (TPSA) is 67.2 Å². The zero-order valence-electron chi connectivity index (χ0n) is 16.5. The Morgan fingerprint density at radius 2 is 2.03 bits per heavy atom. The van der Waals surface area contributed by atoms with E-state index >= 15 is 0 Å². The van der Waals surface area contributed by atoms with E-state index in [2.05, 4.69) is 24.6 Å². The molecule has 1 aliphatic carbocycles. The van der Waals surface area contributed by atoms with Crippen LogP contribution in [0.1, 0.15) is 38.6 Å².